The van der Waals surface area contributed by atoms with Gasteiger partial charge in [-0.25, -0.2) is 0 Å². The number of halogens is 1. The first kappa shape index (κ1) is 20.9. The SMILES string of the molecule is COc1ccc([C@H](CC(=O)NCc2cccc(Cl)c2)N2Cc3ccccc3C2=O)cc1. The summed E-state index contributed by atoms with van der Waals surface area (Å²) in [7, 11) is 1.61. The van der Waals surface area contributed by atoms with Crippen molar-refractivity contribution in [3.8, 4) is 5.75 Å². The van der Waals surface area contributed by atoms with Crippen molar-refractivity contribution in [1.29, 1.82) is 0 Å². The first-order valence-corrected chi connectivity index (χ1v) is 10.5. The molecule has 0 fully saturated rings. The van der Waals surface area contributed by atoms with E-state index in [1.165, 1.54) is 0 Å². The maximum atomic E-state index is 13.1. The van der Waals surface area contributed by atoms with Crippen LogP contribution >= 0.6 is 11.6 Å². The van der Waals surface area contributed by atoms with Crippen molar-refractivity contribution >= 4 is 23.4 Å². The summed E-state index contributed by atoms with van der Waals surface area (Å²) in [5.41, 5.74) is 3.48. The number of carbonyl (C=O) groups excluding carboxylic acids is 2. The van der Waals surface area contributed by atoms with Crippen molar-refractivity contribution in [3.05, 3.63) is 100 Å². The molecule has 0 unspecified atom stereocenters. The lowest BCUT2D eigenvalue weighted by Gasteiger charge is -2.28. The smallest absolute Gasteiger partial charge is 0.255 e. The monoisotopic (exact) mass is 434 g/mol. The molecule has 4 rings (SSSR count). The molecule has 2 amide bonds. The standard InChI is InChI=1S/C25H23ClN2O3/c1-31-21-11-9-18(10-12-21)23(28-16-19-6-2-3-8-22(19)25(28)30)14-24(29)27-15-17-5-4-7-20(26)13-17/h2-13,23H,14-16H2,1H3,(H,27,29)/t23-/m0/s1. The van der Waals surface area contributed by atoms with Crippen LogP contribution in [0.15, 0.2) is 72.8 Å². The van der Waals surface area contributed by atoms with Gasteiger partial charge in [0.1, 0.15) is 5.75 Å². The third-order valence-electron chi connectivity index (χ3n) is 5.48. The molecule has 0 radical (unpaired) electrons. The Morgan fingerprint density at radius 1 is 1.10 bits per heavy atom. The van der Waals surface area contributed by atoms with E-state index in [1.54, 1.807) is 18.1 Å². The molecule has 6 heteroatoms. The van der Waals surface area contributed by atoms with Crippen molar-refractivity contribution in [2.45, 2.75) is 25.6 Å². The van der Waals surface area contributed by atoms with Crippen LogP contribution in [0.4, 0.5) is 0 Å². The second kappa shape index (κ2) is 9.23. The van der Waals surface area contributed by atoms with Gasteiger partial charge < -0.3 is 15.0 Å². The number of rotatable bonds is 7. The highest BCUT2D eigenvalue weighted by molar-refractivity contribution is 6.30. The van der Waals surface area contributed by atoms with Gasteiger partial charge in [-0.15, -0.1) is 0 Å². The number of amides is 2. The van der Waals surface area contributed by atoms with Gasteiger partial charge in [0.15, 0.2) is 0 Å². The molecule has 0 aromatic heterocycles. The molecule has 158 valence electrons. The number of ether oxygens (including phenoxy) is 1. The number of fused-ring (bicyclic) bond motifs is 1. The molecular formula is C25H23ClN2O3. The average Bonchev–Trinajstić information content (AvgIpc) is 3.13. The molecule has 0 bridgehead atoms. The minimum atomic E-state index is -0.384. The van der Waals surface area contributed by atoms with E-state index in [9.17, 15) is 9.59 Å². The number of nitrogens with zero attached hydrogens (tertiary/aromatic N) is 1. The average molecular weight is 435 g/mol. The van der Waals surface area contributed by atoms with Gasteiger partial charge in [-0.2, -0.15) is 0 Å². The maximum absolute atomic E-state index is 13.1. The van der Waals surface area contributed by atoms with Crippen molar-refractivity contribution < 1.29 is 14.3 Å². The topological polar surface area (TPSA) is 58.6 Å². The predicted octanol–water partition coefficient (Wildman–Crippen LogP) is 4.75. The van der Waals surface area contributed by atoms with Crippen molar-refractivity contribution in [2.24, 2.45) is 0 Å². The molecule has 31 heavy (non-hydrogen) atoms. The zero-order valence-corrected chi connectivity index (χ0v) is 17.9. The molecule has 0 saturated carbocycles. The Labute approximate surface area is 186 Å². The van der Waals surface area contributed by atoms with E-state index in [0.29, 0.717) is 23.7 Å². The number of hydrogen-bond donors (Lipinski definition) is 1. The predicted molar refractivity (Wildman–Crippen MR) is 120 cm³/mol. The van der Waals surface area contributed by atoms with E-state index in [-0.39, 0.29) is 24.3 Å². The fraction of sp³-hybridized carbons (Fsp3) is 0.200. The zero-order valence-electron chi connectivity index (χ0n) is 17.2. The Morgan fingerprint density at radius 2 is 1.87 bits per heavy atom. The van der Waals surface area contributed by atoms with E-state index >= 15 is 0 Å². The van der Waals surface area contributed by atoms with Crippen molar-refractivity contribution in [3.63, 3.8) is 0 Å². The molecular weight excluding hydrogens is 412 g/mol. The summed E-state index contributed by atoms with van der Waals surface area (Å²) in [6.07, 6.45) is 0.159. The molecule has 0 saturated heterocycles. The van der Waals surface area contributed by atoms with Gasteiger partial charge in [-0.05, 0) is 47.0 Å². The quantitative estimate of drug-likeness (QED) is 0.583. The Hall–Kier alpha value is -3.31. The van der Waals surface area contributed by atoms with E-state index in [0.717, 1.165) is 22.4 Å². The number of nitrogens with one attached hydrogen (secondary N) is 1. The summed E-state index contributed by atoms with van der Waals surface area (Å²) in [5.74, 6) is 0.535. The summed E-state index contributed by atoms with van der Waals surface area (Å²) in [5, 5.41) is 3.58. The first-order valence-electron chi connectivity index (χ1n) is 10.1. The highest BCUT2D eigenvalue weighted by atomic mass is 35.5. The molecule has 1 atom stereocenters. The number of methoxy groups -OCH3 is 1. The molecule has 1 heterocycles. The van der Waals surface area contributed by atoms with E-state index in [2.05, 4.69) is 5.32 Å². The van der Waals surface area contributed by atoms with E-state index in [4.69, 9.17) is 16.3 Å². The zero-order chi connectivity index (χ0) is 21.8. The van der Waals surface area contributed by atoms with Crippen LogP contribution in [0.25, 0.3) is 0 Å². The normalized spacial score (nSPS) is 13.6. The molecule has 1 N–H and O–H groups in total. The van der Waals surface area contributed by atoms with Crippen LogP contribution in [0.2, 0.25) is 5.02 Å². The molecule has 3 aromatic rings. The minimum absolute atomic E-state index is 0.0564. The highest BCUT2D eigenvalue weighted by Crippen LogP contribution is 2.34. The Kier molecular flexibility index (Phi) is 6.23. The van der Waals surface area contributed by atoms with Gasteiger partial charge in [0, 0.05) is 23.7 Å². The maximum Gasteiger partial charge on any atom is 0.255 e. The molecule has 3 aromatic carbocycles. The summed E-state index contributed by atoms with van der Waals surface area (Å²) < 4.78 is 5.25. The van der Waals surface area contributed by atoms with Gasteiger partial charge in [0.05, 0.1) is 19.6 Å². The van der Waals surface area contributed by atoms with Gasteiger partial charge >= 0.3 is 0 Å². The summed E-state index contributed by atoms with van der Waals surface area (Å²) >= 11 is 6.03. The fourth-order valence-corrected chi connectivity index (χ4v) is 4.07. The van der Waals surface area contributed by atoms with Crippen LogP contribution in [0.3, 0.4) is 0 Å². The lowest BCUT2D eigenvalue weighted by molar-refractivity contribution is -0.122. The third-order valence-corrected chi connectivity index (χ3v) is 5.72. The van der Waals surface area contributed by atoms with E-state index < -0.39 is 0 Å². The highest BCUT2D eigenvalue weighted by Gasteiger charge is 2.34. The minimum Gasteiger partial charge on any atom is -0.497 e. The van der Waals surface area contributed by atoms with Gasteiger partial charge in [-0.1, -0.05) is 54.1 Å². The Balaban J connectivity index is 1.54. The third kappa shape index (κ3) is 4.72. The second-order valence-corrected chi connectivity index (χ2v) is 7.93. The lowest BCUT2D eigenvalue weighted by Crippen LogP contribution is -2.34. The fourth-order valence-electron chi connectivity index (χ4n) is 3.86. The van der Waals surface area contributed by atoms with Crippen molar-refractivity contribution in [2.75, 3.05) is 7.11 Å². The molecule has 5 nitrogen and oxygen atoms in total. The van der Waals surface area contributed by atoms with Crippen LogP contribution in [0.1, 0.15) is 39.5 Å². The van der Waals surface area contributed by atoms with Crippen LogP contribution in [-0.2, 0) is 17.9 Å². The summed E-state index contributed by atoms with van der Waals surface area (Å²) in [6, 6.07) is 22.1. The van der Waals surface area contributed by atoms with Crippen LogP contribution in [0.5, 0.6) is 5.75 Å². The number of carbonyl (C=O) groups is 2. The Morgan fingerprint density at radius 3 is 2.58 bits per heavy atom. The summed E-state index contributed by atoms with van der Waals surface area (Å²) in [4.78, 5) is 27.7. The number of benzene rings is 3. The van der Waals surface area contributed by atoms with Gasteiger partial charge in [-0.3, -0.25) is 9.59 Å². The molecule has 1 aliphatic rings. The number of hydrogen-bond acceptors (Lipinski definition) is 3. The van der Waals surface area contributed by atoms with Crippen molar-refractivity contribution in [1.82, 2.24) is 10.2 Å². The molecule has 0 aliphatic carbocycles. The van der Waals surface area contributed by atoms with Crippen LogP contribution < -0.4 is 10.1 Å². The van der Waals surface area contributed by atoms with Gasteiger partial charge in [0.2, 0.25) is 5.91 Å². The largest absolute Gasteiger partial charge is 0.497 e. The second-order valence-electron chi connectivity index (χ2n) is 7.49. The lowest BCUT2D eigenvalue weighted by atomic mass is 10.0. The van der Waals surface area contributed by atoms with E-state index in [1.807, 2.05) is 66.7 Å². The van der Waals surface area contributed by atoms with Crippen LogP contribution in [-0.4, -0.2) is 23.8 Å². The van der Waals surface area contributed by atoms with Gasteiger partial charge in [0.25, 0.3) is 5.91 Å². The Bertz CT molecular complexity index is 1100. The van der Waals surface area contributed by atoms with Crippen LogP contribution in [0, 0.1) is 0 Å². The molecule has 0 spiro atoms. The summed E-state index contributed by atoms with van der Waals surface area (Å²) in [6.45, 7) is 0.857. The molecule has 1 aliphatic heterocycles. The first-order chi connectivity index (χ1) is 15.0.